The van der Waals surface area contributed by atoms with Crippen LogP contribution in [0.15, 0.2) is 109 Å². The Morgan fingerprint density at radius 3 is 0.906 bits per heavy atom. The lowest BCUT2D eigenvalue weighted by atomic mass is 9.88. The molecule has 0 spiro atoms. The van der Waals surface area contributed by atoms with Crippen molar-refractivity contribution in [3.8, 4) is 0 Å². The first-order valence-corrected chi connectivity index (χ1v) is 10.6. The van der Waals surface area contributed by atoms with Gasteiger partial charge >= 0.3 is 0 Å². The third-order valence-corrected chi connectivity index (χ3v) is 6.20. The average Bonchev–Trinajstić information content (AvgIpc) is 2.85. The van der Waals surface area contributed by atoms with E-state index in [4.69, 9.17) is 0 Å². The maximum atomic E-state index is 13.9. The minimum absolute atomic E-state index is 0.473. The fraction of sp³-hybridized carbons (Fsp3) is 0. The van der Waals surface area contributed by atoms with Gasteiger partial charge in [-0.3, -0.25) is 9.59 Å². The fourth-order valence-electron chi connectivity index (χ4n) is 4.74. The molecule has 32 heavy (non-hydrogen) atoms. The molecule has 0 aliphatic heterocycles. The summed E-state index contributed by atoms with van der Waals surface area (Å²) in [5.74, 6) is -0.945. The predicted molar refractivity (Wildman–Crippen MR) is 132 cm³/mol. The van der Waals surface area contributed by atoms with Gasteiger partial charge in [0, 0.05) is 11.1 Å². The van der Waals surface area contributed by atoms with Crippen molar-refractivity contribution in [1.29, 1.82) is 0 Å². The normalized spacial score (nSPS) is 11.4. The van der Waals surface area contributed by atoms with Gasteiger partial charge < -0.3 is 0 Å². The Morgan fingerprint density at radius 2 is 0.625 bits per heavy atom. The topological polar surface area (TPSA) is 34.1 Å². The summed E-state index contributed by atoms with van der Waals surface area (Å²) >= 11 is 0. The van der Waals surface area contributed by atoms with Crippen LogP contribution in [0.2, 0.25) is 0 Å². The molecule has 0 bridgehead atoms. The first-order chi connectivity index (χ1) is 15.7. The van der Waals surface area contributed by atoms with Gasteiger partial charge in [0.15, 0.2) is 0 Å². The van der Waals surface area contributed by atoms with Gasteiger partial charge in [-0.25, -0.2) is 0 Å². The molecule has 2 heteroatoms. The van der Waals surface area contributed by atoms with Crippen LogP contribution >= 0.6 is 0 Å². The van der Waals surface area contributed by atoms with E-state index in [2.05, 4.69) is 12.1 Å². The van der Waals surface area contributed by atoms with Crippen LogP contribution in [0.3, 0.4) is 0 Å². The van der Waals surface area contributed by atoms with Gasteiger partial charge in [-0.1, -0.05) is 97.1 Å². The van der Waals surface area contributed by atoms with Crippen LogP contribution in [0.4, 0.5) is 0 Å². The molecule has 0 N–H and O–H groups in total. The maximum absolute atomic E-state index is 13.9. The van der Waals surface area contributed by atoms with Gasteiger partial charge in [0.2, 0.25) is 11.6 Å². The molecule has 0 aromatic heterocycles. The van der Waals surface area contributed by atoms with Crippen LogP contribution in [0.1, 0.15) is 20.7 Å². The van der Waals surface area contributed by atoms with Crippen molar-refractivity contribution in [3.05, 3.63) is 120 Å². The summed E-state index contributed by atoms with van der Waals surface area (Å²) in [6.07, 6.45) is 0. The third kappa shape index (κ3) is 2.74. The first-order valence-electron chi connectivity index (χ1n) is 10.6. The molecule has 0 atom stereocenters. The monoisotopic (exact) mass is 410 g/mol. The summed E-state index contributed by atoms with van der Waals surface area (Å²) in [6.45, 7) is 0. The molecule has 0 radical (unpaired) electrons. The van der Waals surface area contributed by atoms with Crippen molar-refractivity contribution < 1.29 is 9.59 Å². The maximum Gasteiger partial charge on any atom is 0.234 e. The zero-order valence-electron chi connectivity index (χ0n) is 17.2. The number of Topliss-reactive ketones (excluding diaryl/α,β-unsaturated/α-hetero) is 2. The summed E-state index contributed by atoms with van der Waals surface area (Å²) in [6, 6.07) is 35.2. The number of carbonyl (C=O) groups is 2. The molecule has 0 saturated carbocycles. The second-order valence-electron chi connectivity index (χ2n) is 8.05. The summed E-state index contributed by atoms with van der Waals surface area (Å²) in [5, 5.41) is 7.00. The molecule has 6 aromatic rings. The molecule has 0 aliphatic carbocycles. The smallest absolute Gasteiger partial charge is 0.234 e. The summed E-state index contributed by atoms with van der Waals surface area (Å²) in [5.41, 5.74) is 0.946. The van der Waals surface area contributed by atoms with Crippen molar-refractivity contribution in [2.45, 2.75) is 0 Å². The quantitative estimate of drug-likeness (QED) is 0.173. The highest BCUT2D eigenvalue weighted by Crippen LogP contribution is 2.33. The lowest BCUT2D eigenvalue weighted by Gasteiger charge is -2.13. The van der Waals surface area contributed by atoms with Crippen LogP contribution in [-0.2, 0) is 0 Å². The molecule has 0 heterocycles. The highest BCUT2D eigenvalue weighted by Gasteiger charge is 2.26. The molecule has 0 unspecified atom stereocenters. The van der Waals surface area contributed by atoms with E-state index in [1.807, 2.05) is 97.1 Å². The average molecular weight is 410 g/mol. The molecule has 0 aliphatic rings. The molecule has 6 rings (SSSR count). The van der Waals surface area contributed by atoms with E-state index in [9.17, 15) is 9.59 Å². The number of carbonyl (C=O) groups excluding carboxylic acids is 2. The molecule has 150 valence electrons. The Bertz CT molecular complexity index is 1470. The Labute approximate surface area is 184 Å². The van der Waals surface area contributed by atoms with Crippen molar-refractivity contribution in [2.24, 2.45) is 0 Å². The van der Waals surface area contributed by atoms with E-state index in [-0.39, 0.29) is 0 Å². The van der Waals surface area contributed by atoms with Gasteiger partial charge in [0.25, 0.3) is 0 Å². The largest absolute Gasteiger partial charge is 0.285 e. The Morgan fingerprint density at radius 1 is 0.375 bits per heavy atom. The van der Waals surface area contributed by atoms with Gasteiger partial charge in [-0.15, -0.1) is 0 Å². The summed E-state index contributed by atoms with van der Waals surface area (Å²) < 4.78 is 0. The van der Waals surface area contributed by atoms with Crippen LogP contribution in [0.5, 0.6) is 0 Å². The molecule has 2 nitrogen and oxygen atoms in total. The van der Waals surface area contributed by atoms with E-state index in [0.717, 1.165) is 43.1 Å². The third-order valence-electron chi connectivity index (χ3n) is 6.20. The number of fused-ring (bicyclic) bond motifs is 4. The zero-order chi connectivity index (χ0) is 21.7. The minimum Gasteiger partial charge on any atom is -0.285 e. The predicted octanol–water partition coefficient (Wildman–Crippen LogP) is 7.37. The summed E-state index contributed by atoms with van der Waals surface area (Å²) in [4.78, 5) is 27.8. The van der Waals surface area contributed by atoms with Crippen molar-refractivity contribution in [2.75, 3.05) is 0 Å². The SMILES string of the molecule is O=C(C(=O)c1c2ccccc2cc2ccccc12)c1c2ccccc2cc2ccccc12. The Kier molecular flexibility index (Phi) is 4.12. The number of ketones is 2. The van der Waals surface area contributed by atoms with E-state index in [1.165, 1.54) is 0 Å². The number of hydrogen-bond acceptors (Lipinski definition) is 2. The lowest BCUT2D eigenvalue weighted by molar-refractivity contribution is 0.0820. The number of rotatable bonds is 3. The second kappa shape index (κ2) is 7.14. The lowest BCUT2D eigenvalue weighted by Crippen LogP contribution is -2.16. The first kappa shape index (κ1) is 18.5. The van der Waals surface area contributed by atoms with E-state index >= 15 is 0 Å². The number of benzene rings is 6. The van der Waals surface area contributed by atoms with Crippen LogP contribution in [-0.4, -0.2) is 11.6 Å². The van der Waals surface area contributed by atoms with Crippen molar-refractivity contribution >= 4 is 54.7 Å². The van der Waals surface area contributed by atoms with Gasteiger partial charge in [0.05, 0.1) is 0 Å². The zero-order valence-corrected chi connectivity index (χ0v) is 17.2. The highest BCUT2D eigenvalue weighted by molar-refractivity contribution is 6.55. The van der Waals surface area contributed by atoms with Crippen LogP contribution in [0, 0.1) is 0 Å². The standard InChI is InChI=1S/C30H18O2/c31-29(27-23-13-5-1-9-19(23)17-20-10-2-6-14-24(20)27)30(32)28-25-15-7-3-11-21(25)18-22-12-4-8-16-26(22)28/h1-18H. The number of hydrogen-bond donors (Lipinski definition) is 0. The molecule has 6 aromatic carbocycles. The van der Waals surface area contributed by atoms with Crippen LogP contribution in [0.25, 0.3) is 43.1 Å². The van der Waals surface area contributed by atoms with Gasteiger partial charge in [-0.05, 0) is 55.2 Å². The Balaban J connectivity index is 1.67. The Hall–Kier alpha value is -4.30. The minimum atomic E-state index is -0.473. The summed E-state index contributed by atoms with van der Waals surface area (Å²) in [7, 11) is 0. The second-order valence-corrected chi connectivity index (χ2v) is 8.05. The fourth-order valence-corrected chi connectivity index (χ4v) is 4.74. The molecular weight excluding hydrogens is 392 g/mol. The van der Waals surface area contributed by atoms with Gasteiger partial charge in [-0.2, -0.15) is 0 Å². The van der Waals surface area contributed by atoms with Gasteiger partial charge in [0.1, 0.15) is 0 Å². The van der Waals surface area contributed by atoms with Crippen LogP contribution < -0.4 is 0 Å². The molecule has 0 fully saturated rings. The van der Waals surface area contributed by atoms with E-state index in [0.29, 0.717) is 11.1 Å². The van der Waals surface area contributed by atoms with Crippen molar-refractivity contribution in [3.63, 3.8) is 0 Å². The van der Waals surface area contributed by atoms with E-state index in [1.54, 1.807) is 0 Å². The molecular formula is C30H18O2. The highest BCUT2D eigenvalue weighted by atomic mass is 16.2. The van der Waals surface area contributed by atoms with E-state index < -0.39 is 11.6 Å². The van der Waals surface area contributed by atoms with Crippen molar-refractivity contribution in [1.82, 2.24) is 0 Å². The molecule has 0 saturated heterocycles. The molecule has 0 amide bonds.